The SMILES string of the molecule is CC(C)c1ccc(OCC(=O)Nc2ccccc2C(=O)NC(C)(C)C)c(Br)c1. The summed E-state index contributed by atoms with van der Waals surface area (Å²) in [6.07, 6.45) is 0. The number of halogens is 1. The summed E-state index contributed by atoms with van der Waals surface area (Å²) >= 11 is 3.48. The maximum atomic E-state index is 12.5. The molecule has 2 N–H and O–H groups in total. The molecule has 0 unspecified atom stereocenters. The minimum atomic E-state index is -0.369. The van der Waals surface area contributed by atoms with Crippen LogP contribution in [0.2, 0.25) is 0 Å². The molecule has 0 radical (unpaired) electrons. The first-order valence-corrected chi connectivity index (χ1v) is 10.00. The van der Waals surface area contributed by atoms with Crippen molar-refractivity contribution in [2.75, 3.05) is 11.9 Å². The first kappa shape index (κ1) is 22.0. The van der Waals surface area contributed by atoms with E-state index in [2.05, 4.69) is 40.4 Å². The fourth-order valence-corrected chi connectivity index (χ4v) is 3.03. The highest BCUT2D eigenvalue weighted by molar-refractivity contribution is 9.10. The van der Waals surface area contributed by atoms with E-state index in [0.29, 0.717) is 22.9 Å². The van der Waals surface area contributed by atoms with Crippen molar-refractivity contribution in [1.29, 1.82) is 0 Å². The molecule has 0 spiro atoms. The number of carbonyl (C=O) groups is 2. The Hall–Kier alpha value is -2.34. The van der Waals surface area contributed by atoms with Crippen LogP contribution < -0.4 is 15.4 Å². The maximum absolute atomic E-state index is 12.5. The second kappa shape index (κ2) is 9.24. The number of para-hydroxylation sites is 1. The number of ether oxygens (including phenoxy) is 1. The van der Waals surface area contributed by atoms with Crippen LogP contribution in [0.25, 0.3) is 0 Å². The Balaban J connectivity index is 2.03. The molecule has 0 aromatic heterocycles. The van der Waals surface area contributed by atoms with E-state index in [4.69, 9.17) is 4.74 Å². The second-order valence-corrected chi connectivity index (χ2v) is 8.79. The molecule has 150 valence electrons. The van der Waals surface area contributed by atoms with E-state index in [-0.39, 0.29) is 24.0 Å². The standard InChI is InChI=1S/C22H27BrN2O3/c1-14(2)15-10-11-19(17(23)12-15)28-13-20(26)24-18-9-7-6-8-16(18)21(27)25-22(3,4)5/h6-12,14H,13H2,1-5H3,(H,24,26)(H,25,27). The van der Waals surface area contributed by atoms with Gasteiger partial charge in [-0.3, -0.25) is 9.59 Å². The van der Waals surface area contributed by atoms with Crippen LogP contribution in [0, 0.1) is 0 Å². The molecular formula is C22H27BrN2O3. The molecule has 0 fully saturated rings. The van der Waals surface area contributed by atoms with Crippen molar-refractivity contribution in [1.82, 2.24) is 5.32 Å². The number of anilines is 1. The monoisotopic (exact) mass is 446 g/mol. The van der Waals surface area contributed by atoms with Crippen molar-refractivity contribution < 1.29 is 14.3 Å². The highest BCUT2D eigenvalue weighted by atomic mass is 79.9. The van der Waals surface area contributed by atoms with Crippen LogP contribution in [0.1, 0.15) is 56.5 Å². The van der Waals surface area contributed by atoms with Gasteiger partial charge in [-0.1, -0.05) is 32.0 Å². The van der Waals surface area contributed by atoms with Gasteiger partial charge in [-0.2, -0.15) is 0 Å². The van der Waals surface area contributed by atoms with E-state index in [1.807, 2.05) is 39.0 Å². The fraction of sp³-hybridized carbons (Fsp3) is 0.364. The Morgan fingerprint density at radius 3 is 2.39 bits per heavy atom. The average Bonchev–Trinajstić information content (AvgIpc) is 2.59. The van der Waals surface area contributed by atoms with Gasteiger partial charge in [0, 0.05) is 5.54 Å². The van der Waals surface area contributed by atoms with E-state index in [1.165, 1.54) is 5.56 Å². The minimum absolute atomic E-state index is 0.158. The van der Waals surface area contributed by atoms with E-state index in [9.17, 15) is 9.59 Å². The quantitative estimate of drug-likeness (QED) is 0.646. The van der Waals surface area contributed by atoms with Crippen LogP contribution in [0.3, 0.4) is 0 Å². The molecule has 0 saturated carbocycles. The smallest absolute Gasteiger partial charge is 0.262 e. The van der Waals surface area contributed by atoms with E-state index < -0.39 is 0 Å². The van der Waals surface area contributed by atoms with Crippen LogP contribution in [0.4, 0.5) is 5.69 Å². The van der Waals surface area contributed by atoms with Gasteiger partial charge in [-0.25, -0.2) is 0 Å². The molecule has 0 aliphatic heterocycles. The summed E-state index contributed by atoms with van der Waals surface area (Å²) < 4.78 is 6.43. The van der Waals surface area contributed by atoms with Crippen LogP contribution >= 0.6 is 15.9 Å². The van der Waals surface area contributed by atoms with Crippen molar-refractivity contribution in [3.8, 4) is 5.75 Å². The lowest BCUT2D eigenvalue weighted by atomic mass is 10.0. The minimum Gasteiger partial charge on any atom is -0.483 e. The molecular weight excluding hydrogens is 420 g/mol. The third-order valence-corrected chi connectivity index (χ3v) is 4.54. The zero-order valence-electron chi connectivity index (χ0n) is 16.9. The Labute approximate surface area is 175 Å². The summed E-state index contributed by atoms with van der Waals surface area (Å²) in [4.78, 5) is 24.8. The second-order valence-electron chi connectivity index (χ2n) is 7.93. The van der Waals surface area contributed by atoms with E-state index in [0.717, 1.165) is 4.47 Å². The molecule has 5 nitrogen and oxygen atoms in total. The number of hydrogen-bond acceptors (Lipinski definition) is 3. The molecule has 0 heterocycles. The molecule has 2 amide bonds. The molecule has 0 saturated heterocycles. The predicted molar refractivity (Wildman–Crippen MR) is 116 cm³/mol. The number of rotatable bonds is 6. The molecule has 2 aromatic rings. The molecule has 0 bridgehead atoms. The van der Waals surface area contributed by atoms with Crippen LogP contribution in [0.5, 0.6) is 5.75 Å². The topological polar surface area (TPSA) is 67.4 Å². The molecule has 6 heteroatoms. The van der Waals surface area contributed by atoms with Crippen molar-refractivity contribution in [2.45, 2.75) is 46.1 Å². The van der Waals surface area contributed by atoms with Crippen molar-refractivity contribution in [3.05, 3.63) is 58.1 Å². The van der Waals surface area contributed by atoms with Crippen LogP contribution in [0.15, 0.2) is 46.9 Å². The van der Waals surface area contributed by atoms with Gasteiger partial charge in [-0.15, -0.1) is 0 Å². The largest absolute Gasteiger partial charge is 0.483 e. The van der Waals surface area contributed by atoms with Crippen LogP contribution in [-0.2, 0) is 4.79 Å². The Kier molecular flexibility index (Phi) is 7.24. The van der Waals surface area contributed by atoms with Gasteiger partial charge in [0.2, 0.25) is 0 Å². The lowest BCUT2D eigenvalue weighted by molar-refractivity contribution is -0.118. The Morgan fingerprint density at radius 2 is 1.79 bits per heavy atom. The third kappa shape index (κ3) is 6.37. The van der Waals surface area contributed by atoms with E-state index in [1.54, 1.807) is 24.3 Å². The van der Waals surface area contributed by atoms with Gasteiger partial charge < -0.3 is 15.4 Å². The molecule has 28 heavy (non-hydrogen) atoms. The Morgan fingerprint density at radius 1 is 1.11 bits per heavy atom. The zero-order chi connectivity index (χ0) is 20.9. The van der Waals surface area contributed by atoms with Gasteiger partial charge in [0.25, 0.3) is 11.8 Å². The lowest BCUT2D eigenvalue weighted by Gasteiger charge is -2.21. The maximum Gasteiger partial charge on any atom is 0.262 e. The normalized spacial score (nSPS) is 11.2. The molecule has 0 aliphatic carbocycles. The van der Waals surface area contributed by atoms with Crippen molar-refractivity contribution in [2.24, 2.45) is 0 Å². The van der Waals surface area contributed by atoms with Gasteiger partial charge >= 0.3 is 0 Å². The summed E-state index contributed by atoms with van der Waals surface area (Å²) in [5.41, 5.74) is 1.67. The zero-order valence-corrected chi connectivity index (χ0v) is 18.5. The lowest BCUT2D eigenvalue weighted by Crippen LogP contribution is -2.41. The third-order valence-electron chi connectivity index (χ3n) is 3.92. The highest BCUT2D eigenvalue weighted by Crippen LogP contribution is 2.29. The summed E-state index contributed by atoms with van der Waals surface area (Å²) in [5.74, 6) is 0.426. The first-order chi connectivity index (χ1) is 13.1. The average molecular weight is 447 g/mol. The number of amides is 2. The number of benzene rings is 2. The summed E-state index contributed by atoms with van der Waals surface area (Å²) in [6, 6.07) is 12.7. The summed E-state index contributed by atoms with van der Waals surface area (Å²) in [5, 5.41) is 5.66. The number of nitrogens with one attached hydrogen (secondary N) is 2. The summed E-state index contributed by atoms with van der Waals surface area (Å²) in [6.45, 7) is 9.79. The van der Waals surface area contributed by atoms with Gasteiger partial charge in [0.05, 0.1) is 15.7 Å². The Bertz CT molecular complexity index is 857. The first-order valence-electron chi connectivity index (χ1n) is 9.20. The van der Waals surface area contributed by atoms with E-state index >= 15 is 0 Å². The molecule has 2 rings (SSSR count). The molecule has 2 aromatic carbocycles. The fourth-order valence-electron chi connectivity index (χ4n) is 2.52. The van der Waals surface area contributed by atoms with Gasteiger partial charge in [0.1, 0.15) is 5.75 Å². The molecule has 0 aliphatic rings. The number of hydrogen-bond donors (Lipinski definition) is 2. The predicted octanol–water partition coefficient (Wildman–Crippen LogP) is 5.12. The van der Waals surface area contributed by atoms with Crippen LogP contribution in [-0.4, -0.2) is 24.0 Å². The van der Waals surface area contributed by atoms with Gasteiger partial charge in [-0.05, 0) is 72.4 Å². The van der Waals surface area contributed by atoms with Gasteiger partial charge in [0.15, 0.2) is 6.61 Å². The van der Waals surface area contributed by atoms with Crippen molar-refractivity contribution in [3.63, 3.8) is 0 Å². The number of carbonyl (C=O) groups excluding carboxylic acids is 2. The molecule has 0 atom stereocenters. The van der Waals surface area contributed by atoms with Crippen molar-refractivity contribution >= 4 is 33.4 Å². The summed E-state index contributed by atoms with van der Waals surface area (Å²) in [7, 11) is 0. The highest BCUT2D eigenvalue weighted by Gasteiger charge is 2.18.